The molecule has 4 N–H and O–H groups in total. The number of cyclic esters (lactones) is 1. The normalized spacial score (nSPS) is 44.0. The van der Waals surface area contributed by atoms with Crippen LogP contribution in [0, 0.1) is 11.8 Å². The van der Waals surface area contributed by atoms with Gasteiger partial charge in [0.25, 0.3) is 0 Å². The van der Waals surface area contributed by atoms with Gasteiger partial charge in [0.05, 0.1) is 43.0 Å². The van der Waals surface area contributed by atoms with Crippen LogP contribution in [0.25, 0.3) is 0 Å². The van der Waals surface area contributed by atoms with E-state index in [1.54, 1.807) is 58.0 Å². The van der Waals surface area contributed by atoms with Gasteiger partial charge in [0, 0.05) is 33.3 Å². The highest BCUT2D eigenvalue weighted by molar-refractivity contribution is 5.70. The Kier molecular flexibility index (Phi) is 16.8. The highest BCUT2D eigenvalue weighted by Crippen LogP contribution is 2.37. The molecule has 0 amide bonds. The molecule has 0 aromatic rings. The Labute approximate surface area is 307 Å². The summed E-state index contributed by atoms with van der Waals surface area (Å²) >= 11 is 0. The summed E-state index contributed by atoms with van der Waals surface area (Å²) < 4.78 is 41.8. The number of methoxy groups -OCH3 is 1. The van der Waals surface area contributed by atoms with Crippen molar-refractivity contribution >= 4 is 18.2 Å². The molecule has 0 aromatic carbocycles. The van der Waals surface area contributed by atoms with Crippen molar-refractivity contribution in [1.82, 2.24) is 4.90 Å². The summed E-state index contributed by atoms with van der Waals surface area (Å²) in [5.41, 5.74) is -1.47. The number of aliphatic hydroxyl groups excluding tert-OH is 3. The number of likely N-dealkylation sites (N-methyl/N-ethyl adjacent to an activating group) is 1. The molecule has 0 radical (unpaired) electrons. The molecule has 3 heterocycles. The van der Waals surface area contributed by atoms with E-state index in [1.807, 2.05) is 13.0 Å². The van der Waals surface area contributed by atoms with Crippen molar-refractivity contribution < 1.29 is 68.0 Å². The van der Waals surface area contributed by atoms with Crippen LogP contribution in [0.3, 0.4) is 0 Å². The third-order valence-corrected chi connectivity index (χ3v) is 10.1. The van der Waals surface area contributed by atoms with Gasteiger partial charge in [-0.05, 0) is 60.0 Å². The summed E-state index contributed by atoms with van der Waals surface area (Å²) in [5.74, 6) is -2.23. The largest absolute Gasteiger partial charge is 0.462 e. The van der Waals surface area contributed by atoms with Crippen LogP contribution in [0.4, 0.5) is 0 Å². The Balaban J connectivity index is 1.93. The van der Waals surface area contributed by atoms with E-state index in [9.17, 15) is 34.8 Å². The molecule has 15 heteroatoms. The lowest BCUT2D eigenvalue weighted by molar-refractivity contribution is -0.344. The van der Waals surface area contributed by atoms with Gasteiger partial charge in [0.15, 0.2) is 18.7 Å². The van der Waals surface area contributed by atoms with Crippen LogP contribution in [0.15, 0.2) is 24.3 Å². The number of ether oxygens (including phenoxy) is 7. The van der Waals surface area contributed by atoms with Crippen LogP contribution in [0.2, 0.25) is 0 Å². The first-order chi connectivity index (χ1) is 24.4. The lowest BCUT2D eigenvalue weighted by atomic mass is 9.82. The van der Waals surface area contributed by atoms with Crippen molar-refractivity contribution in [2.75, 3.05) is 21.2 Å². The third kappa shape index (κ3) is 11.8. The molecule has 0 saturated carbocycles. The molecule has 0 aliphatic carbocycles. The Hall–Kier alpha value is -2.31. The van der Waals surface area contributed by atoms with Crippen LogP contribution >= 0.6 is 0 Å². The number of hydrogen-bond donors (Lipinski definition) is 4. The van der Waals surface area contributed by atoms with Crippen LogP contribution in [0.1, 0.15) is 73.6 Å². The standard InChI is InChI=1S/C37H61NO14/c1-20-17-25(15-16-39)33(34(46-9)27(42)18-28(43)47-21(2)13-11-10-12-14-26(20)41)52-36-31(44)30(38(7)8)32(22(3)49-36)51-29-19-37(6,45)35(23(4)48-29)50-24(5)40/h10-12,14,16,20-23,25-27,29-36,41-42,44-45H,13,15,17-19H2,1-9H3/b11-10-,14-12+/t20-,21-,22-,23+,25+,26+,27-,29+,30-,31-,32-,33-,34+,35+,36+,37-/m1/s1. The van der Waals surface area contributed by atoms with Gasteiger partial charge >= 0.3 is 11.9 Å². The number of esters is 2. The SMILES string of the molecule is CO[C@@H]1[C@H](O[C@@H]2O[C@H](C)[C@@H](O[C@H]3C[C@@](C)(O)[C@@H](OC(C)=O)[C@H](C)O3)[C@H](N(C)C)[C@H]2O)[C@@H](CC=O)C[C@@H](C)[C@@H](O)/C=C/C=C\C[C@@H](C)OC(=O)C[C@H]1O. The van der Waals surface area contributed by atoms with Crippen molar-refractivity contribution in [2.24, 2.45) is 11.8 Å². The summed E-state index contributed by atoms with van der Waals surface area (Å²) in [6.07, 6.45) is -4.09. The number of allylic oxidation sites excluding steroid dienone is 2. The van der Waals surface area contributed by atoms with E-state index >= 15 is 0 Å². The Morgan fingerprint density at radius 2 is 1.73 bits per heavy atom. The van der Waals surface area contributed by atoms with E-state index in [0.717, 1.165) is 0 Å². The third-order valence-electron chi connectivity index (χ3n) is 10.1. The quantitative estimate of drug-likeness (QED) is 0.195. The molecule has 0 unspecified atom stereocenters. The Morgan fingerprint density at radius 3 is 2.33 bits per heavy atom. The number of aldehydes is 1. The molecule has 0 bridgehead atoms. The van der Waals surface area contributed by atoms with Gasteiger partial charge in [0.1, 0.15) is 36.3 Å². The number of carbonyl (C=O) groups excluding carboxylic acids is 3. The smallest absolute Gasteiger partial charge is 0.308 e. The molecule has 0 spiro atoms. The van der Waals surface area contributed by atoms with Gasteiger partial charge in [-0.15, -0.1) is 0 Å². The zero-order valence-electron chi connectivity index (χ0n) is 31.9. The van der Waals surface area contributed by atoms with Gasteiger partial charge < -0.3 is 63.3 Å². The van der Waals surface area contributed by atoms with Crippen molar-refractivity contribution in [3.05, 3.63) is 24.3 Å². The summed E-state index contributed by atoms with van der Waals surface area (Å²) in [4.78, 5) is 38.4. The predicted octanol–water partition coefficient (Wildman–Crippen LogP) is 1.42. The summed E-state index contributed by atoms with van der Waals surface area (Å²) in [6.45, 7) is 9.74. The molecular weight excluding hydrogens is 682 g/mol. The van der Waals surface area contributed by atoms with Gasteiger partial charge in [0.2, 0.25) is 0 Å². The van der Waals surface area contributed by atoms with E-state index in [0.29, 0.717) is 12.7 Å². The topological polar surface area (TPSA) is 200 Å². The first kappa shape index (κ1) is 44.1. The van der Waals surface area contributed by atoms with E-state index in [1.165, 1.54) is 21.0 Å². The molecule has 16 atom stereocenters. The van der Waals surface area contributed by atoms with Crippen LogP contribution in [-0.2, 0) is 47.5 Å². The Morgan fingerprint density at radius 1 is 1.04 bits per heavy atom. The van der Waals surface area contributed by atoms with E-state index < -0.39 is 110 Å². The minimum atomic E-state index is -1.47. The second-order valence-corrected chi connectivity index (χ2v) is 14.9. The van der Waals surface area contributed by atoms with Gasteiger partial charge in [-0.1, -0.05) is 31.2 Å². The second kappa shape index (κ2) is 19.9. The van der Waals surface area contributed by atoms with E-state index in [4.69, 9.17) is 33.2 Å². The summed E-state index contributed by atoms with van der Waals surface area (Å²) in [6, 6.07) is -0.749. The predicted molar refractivity (Wildman–Crippen MR) is 187 cm³/mol. The van der Waals surface area contributed by atoms with Crippen molar-refractivity contribution in [2.45, 2.75) is 159 Å². The zero-order valence-corrected chi connectivity index (χ0v) is 31.9. The van der Waals surface area contributed by atoms with Crippen molar-refractivity contribution in [3.63, 3.8) is 0 Å². The first-order valence-electron chi connectivity index (χ1n) is 18.1. The summed E-state index contributed by atoms with van der Waals surface area (Å²) in [5, 5.41) is 45.4. The molecule has 2 fully saturated rings. The van der Waals surface area contributed by atoms with Gasteiger partial charge in [-0.25, -0.2) is 0 Å². The minimum Gasteiger partial charge on any atom is -0.462 e. The van der Waals surface area contributed by atoms with Crippen molar-refractivity contribution in [1.29, 1.82) is 0 Å². The molecule has 2 saturated heterocycles. The molecule has 3 rings (SSSR count). The lowest BCUT2D eigenvalue weighted by Crippen LogP contribution is -2.66. The fourth-order valence-corrected chi connectivity index (χ4v) is 7.43. The molecule has 15 nitrogen and oxygen atoms in total. The van der Waals surface area contributed by atoms with Crippen molar-refractivity contribution in [3.8, 4) is 0 Å². The van der Waals surface area contributed by atoms with Crippen LogP contribution in [0.5, 0.6) is 0 Å². The highest BCUT2D eigenvalue weighted by Gasteiger charge is 2.52. The lowest BCUT2D eigenvalue weighted by Gasteiger charge is -2.50. The number of nitrogens with zero attached hydrogens (tertiary/aromatic N) is 1. The fraction of sp³-hybridized carbons (Fsp3) is 0.811. The maximum Gasteiger partial charge on any atom is 0.308 e. The van der Waals surface area contributed by atoms with Crippen LogP contribution < -0.4 is 0 Å². The average Bonchev–Trinajstić information content (AvgIpc) is 3.03. The highest BCUT2D eigenvalue weighted by atomic mass is 16.7. The molecule has 298 valence electrons. The summed E-state index contributed by atoms with van der Waals surface area (Å²) in [7, 11) is 4.84. The number of aliphatic hydroxyl groups is 4. The van der Waals surface area contributed by atoms with E-state index in [2.05, 4.69) is 0 Å². The second-order valence-electron chi connectivity index (χ2n) is 14.9. The number of rotatable bonds is 9. The molecular formula is C37H61NO14. The van der Waals surface area contributed by atoms with Gasteiger partial charge in [-0.2, -0.15) is 0 Å². The first-order valence-corrected chi connectivity index (χ1v) is 18.1. The maximum atomic E-state index is 12.9. The van der Waals surface area contributed by atoms with Gasteiger partial charge in [-0.3, -0.25) is 9.59 Å². The average molecular weight is 744 g/mol. The number of carbonyl (C=O) groups is 3. The van der Waals surface area contributed by atoms with E-state index in [-0.39, 0.29) is 25.2 Å². The monoisotopic (exact) mass is 743 g/mol. The Bertz CT molecular complexity index is 1210. The minimum absolute atomic E-state index is 0.0335. The zero-order chi connectivity index (χ0) is 38.9. The fourth-order valence-electron chi connectivity index (χ4n) is 7.43. The maximum absolute atomic E-state index is 12.9. The molecule has 52 heavy (non-hydrogen) atoms. The number of hydrogen-bond acceptors (Lipinski definition) is 15. The molecule has 0 aromatic heterocycles. The molecule has 3 aliphatic rings. The van der Waals surface area contributed by atoms with Crippen LogP contribution in [-0.4, -0.2) is 150 Å². The molecule has 3 aliphatic heterocycles.